The van der Waals surface area contributed by atoms with Crippen molar-refractivity contribution < 1.29 is 49.4 Å². The third-order valence-corrected chi connectivity index (χ3v) is 4.70. The standard InChI is InChI=1S/C16H6F9N3O2S/c17-14(18,19)6-1-5(2-7(3-6)15(20,21)22)8-4-31-12(26-8)10-9(13(29)30)11(28-27-10)16(23,24)25/h1-4H,(H,27,28)(H,29,30). The third kappa shape index (κ3) is 4.50. The van der Waals surface area contributed by atoms with Crippen LogP contribution in [0.4, 0.5) is 39.5 Å². The summed E-state index contributed by atoms with van der Waals surface area (Å²) in [6.45, 7) is 0. The van der Waals surface area contributed by atoms with Gasteiger partial charge in [-0.25, -0.2) is 9.78 Å². The smallest absolute Gasteiger partial charge is 0.433 e. The number of carboxylic acids is 1. The number of hydrogen-bond acceptors (Lipinski definition) is 4. The van der Waals surface area contributed by atoms with Crippen LogP contribution in [0.5, 0.6) is 0 Å². The first-order chi connectivity index (χ1) is 14.1. The lowest BCUT2D eigenvalue weighted by atomic mass is 10.0. The minimum absolute atomic E-state index is 0.0946. The van der Waals surface area contributed by atoms with Crippen LogP contribution >= 0.6 is 11.3 Å². The third-order valence-electron chi connectivity index (χ3n) is 3.85. The van der Waals surface area contributed by atoms with E-state index in [0.29, 0.717) is 23.5 Å². The zero-order chi connectivity index (χ0) is 23.4. The number of rotatable bonds is 3. The number of benzene rings is 1. The van der Waals surface area contributed by atoms with Crippen LogP contribution in [0.25, 0.3) is 22.0 Å². The molecule has 0 fully saturated rings. The molecule has 0 bridgehead atoms. The molecule has 2 heterocycles. The molecule has 3 aromatic rings. The van der Waals surface area contributed by atoms with E-state index in [4.69, 9.17) is 5.11 Å². The number of carbonyl (C=O) groups is 1. The van der Waals surface area contributed by atoms with Crippen LogP contribution < -0.4 is 0 Å². The van der Waals surface area contributed by atoms with E-state index >= 15 is 0 Å². The van der Waals surface area contributed by atoms with Crippen molar-refractivity contribution in [2.75, 3.05) is 0 Å². The number of carboxylic acid groups (broad SMARTS) is 1. The van der Waals surface area contributed by atoms with E-state index in [-0.39, 0.29) is 6.07 Å². The number of alkyl halides is 9. The number of nitrogens with one attached hydrogen (secondary N) is 1. The van der Waals surface area contributed by atoms with E-state index in [1.807, 2.05) is 0 Å². The van der Waals surface area contributed by atoms with Crippen LogP contribution in [0.15, 0.2) is 23.6 Å². The quantitative estimate of drug-likeness (QED) is 0.459. The van der Waals surface area contributed by atoms with Crippen LogP contribution in [0.2, 0.25) is 0 Å². The van der Waals surface area contributed by atoms with E-state index in [1.54, 1.807) is 0 Å². The maximum atomic E-state index is 13.0. The van der Waals surface area contributed by atoms with Gasteiger partial charge in [-0.3, -0.25) is 5.10 Å². The lowest BCUT2D eigenvalue weighted by Gasteiger charge is -2.13. The summed E-state index contributed by atoms with van der Waals surface area (Å²) >= 11 is 0.493. The number of aromatic amines is 1. The summed E-state index contributed by atoms with van der Waals surface area (Å²) in [7, 11) is 0. The molecule has 166 valence electrons. The fourth-order valence-corrected chi connectivity index (χ4v) is 3.35. The molecule has 0 spiro atoms. The molecule has 5 nitrogen and oxygen atoms in total. The first-order valence-electron chi connectivity index (χ1n) is 7.73. The number of aromatic carboxylic acids is 1. The van der Waals surface area contributed by atoms with E-state index in [9.17, 15) is 44.3 Å². The Balaban J connectivity index is 2.14. The van der Waals surface area contributed by atoms with E-state index < -0.39 is 68.8 Å². The maximum Gasteiger partial charge on any atom is 0.433 e. The van der Waals surface area contributed by atoms with Gasteiger partial charge in [-0.05, 0) is 18.2 Å². The molecule has 15 heteroatoms. The number of nitrogens with zero attached hydrogens (tertiary/aromatic N) is 2. The minimum Gasteiger partial charge on any atom is -0.478 e. The Bertz CT molecular complexity index is 1110. The van der Waals surface area contributed by atoms with Gasteiger partial charge in [0.2, 0.25) is 0 Å². The normalized spacial score (nSPS) is 12.9. The monoisotopic (exact) mass is 475 g/mol. The van der Waals surface area contributed by atoms with Gasteiger partial charge in [-0.1, -0.05) is 0 Å². The molecule has 3 rings (SSSR count). The Morgan fingerprint density at radius 3 is 1.90 bits per heavy atom. The fraction of sp³-hybridized carbons (Fsp3) is 0.188. The fourth-order valence-electron chi connectivity index (χ4n) is 2.53. The number of halogens is 9. The Labute approximate surface area is 169 Å². The molecule has 1 aromatic carbocycles. The highest BCUT2D eigenvalue weighted by atomic mass is 32.1. The molecule has 2 N–H and O–H groups in total. The number of aromatic nitrogens is 3. The number of hydrogen-bond donors (Lipinski definition) is 2. The van der Waals surface area contributed by atoms with Crippen LogP contribution in [0, 0.1) is 0 Å². The van der Waals surface area contributed by atoms with Gasteiger partial charge in [0.15, 0.2) is 5.69 Å². The van der Waals surface area contributed by atoms with Gasteiger partial charge in [0.05, 0.1) is 16.8 Å². The second-order valence-electron chi connectivity index (χ2n) is 5.96. The van der Waals surface area contributed by atoms with Crippen molar-refractivity contribution in [2.24, 2.45) is 0 Å². The van der Waals surface area contributed by atoms with Gasteiger partial charge < -0.3 is 5.11 Å². The highest BCUT2D eigenvalue weighted by Crippen LogP contribution is 2.40. The van der Waals surface area contributed by atoms with Crippen molar-refractivity contribution in [2.45, 2.75) is 18.5 Å². The molecule has 0 unspecified atom stereocenters. The highest BCUT2D eigenvalue weighted by molar-refractivity contribution is 7.13. The van der Waals surface area contributed by atoms with Crippen molar-refractivity contribution >= 4 is 17.3 Å². The lowest BCUT2D eigenvalue weighted by Crippen LogP contribution is -2.12. The topological polar surface area (TPSA) is 78.9 Å². The van der Waals surface area contributed by atoms with Crippen LogP contribution in [0.3, 0.4) is 0 Å². The van der Waals surface area contributed by atoms with E-state index in [0.717, 1.165) is 5.38 Å². The largest absolute Gasteiger partial charge is 0.478 e. The highest BCUT2D eigenvalue weighted by Gasteiger charge is 2.41. The average molecular weight is 475 g/mol. The Kier molecular flexibility index (Phi) is 5.28. The van der Waals surface area contributed by atoms with Gasteiger partial charge in [-0.15, -0.1) is 11.3 Å². The Morgan fingerprint density at radius 1 is 0.903 bits per heavy atom. The van der Waals surface area contributed by atoms with Gasteiger partial charge in [0.25, 0.3) is 0 Å². The van der Waals surface area contributed by atoms with Gasteiger partial charge in [-0.2, -0.15) is 44.6 Å². The molecule has 0 aliphatic heterocycles. The van der Waals surface area contributed by atoms with Gasteiger partial charge in [0.1, 0.15) is 16.3 Å². The Hall–Kier alpha value is -3.10. The summed E-state index contributed by atoms with van der Waals surface area (Å²) in [4.78, 5) is 15.0. The molecule has 0 saturated carbocycles. The predicted octanol–water partition coefficient (Wildman–Crippen LogP) is 5.95. The summed E-state index contributed by atoms with van der Waals surface area (Å²) in [5.41, 5.74) is -8.02. The first kappa shape index (κ1) is 22.6. The minimum atomic E-state index is -5.12. The van der Waals surface area contributed by atoms with Crippen molar-refractivity contribution in [3.63, 3.8) is 0 Å². The Morgan fingerprint density at radius 2 is 1.45 bits per heavy atom. The molecule has 2 aromatic heterocycles. The second-order valence-corrected chi connectivity index (χ2v) is 6.82. The zero-order valence-electron chi connectivity index (χ0n) is 14.4. The summed E-state index contributed by atoms with van der Waals surface area (Å²) in [5.74, 6) is -2.01. The van der Waals surface area contributed by atoms with Crippen molar-refractivity contribution in [3.8, 4) is 22.0 Å². The summed E-state index contributed by atoms with van der Waals surface area (Å²) in [6, 6.07) is 0.679. The summed E-state index contributed by atoms with van der Waals surface area (Å²) in [6.07, 6.45) is -15.3. The maximum absolute atomic E-state index is 13.0. The zero-order valence-corrected chi connectivity index (χ0v) is 15.2. The van der Waals surface area contributed by atoms with Gasteiger partial charge >= 0.3 is 24.5 Å². The van der Waals surface area contributed by atoms with Crippen molar-refractivity contribution in [1.82, 2.24) is 15.2 Å². The van der Waals surface area contributed by atoms with E-state index in [2.05, 4.69) is 10.1 Å². The molecule has 31 heavy (non-hydrogen) atoms. The average Bonchev–Trinajstić information content (AvgIpc) is 3.26. The van der Waals surface area contributed by atoms with Crippen molar-refractivity contribution in [3.05, 3.63) is 46.0 Å². The van der Waals surface area contributed by atoms with Crippen LogP contribution in [0.1, 0.15) is 27.2 Å². The molecule has 0 amide bonds. The van der Waals surface area contributed by atoms with Crippen LogP contribution in [-0.4, -0.2) is 26.3 Å². The molecule has 0 aliphatic carbocycles. The van der Waals surface area contributed by atoms with Crippen LogP contribution in [-0.2, 0) is 18.5 Å². The molecule has 0 radical (unpaired) electrons. The molecule has 0 aliphatic rings. The van der Waals surface area contributed by atoms with Crippen molar-refractivity contribution in [1.29, 1.82) is 0 Å². The second kappa shape index (κ2) is 7.25. The number of H-pyrrole nitrogens is 1. The lowest BCUT2D eigenvalue weighted by molar-refractivity contribution is -0.143. The predicted molar refractivity (Wildman–Crippen MR) is 87.1 cm³/mol. The molecule has 0 atom stereocenters. The SMILES string of the molecule is O=C(O)c1c(-c2nc(-c3cc(C(F)(F)F)cc(C(F)(F)F)c3)cs2)n[nH]c1C(F)(F)F. The molecule has 0 saturated heterocycles. The molecular formula is C16H6F9N3O2S. The summed E-state index contributed by atoms with van der Waals surface area (Å²) < 4.78 is 117. The first-order valence-corrected chi connectivity index (χ1v) is 8.61. The molecular weight excluding hydrogens is 469 g/mol. The van der Waals surface area contributed by atoms with E-state index in [1.165, 1.54) is 5.10 Å². The van der Waals surface area contributed by atoms with Gasteiger partial charge in [0, 0.05) is 10.9 Å². The number of thiazole rings is 1. The summed E-state index contributed by atoms with van der Waals surface area (Å²) in [5, 5.41) is 14.4.